The number of esters is 1. The van der Waals surface area contributed by atoms with Crippen LogP contribution < -0.4 is 10.9 Å². The smallest absolute Gasteiger partial charge is 0.359 e. The van der Waals surface area contributed by atoms with Gasteiger partial charge in [0.15, 0.2) is 5.69 Å². The molecule has 35 heavy (non-hydrogen) atoms. The Labute approximate surface area is 212 Å². The molecule has 1 N–H and O–H groups in total. The molecule has 0 aliphatic heterocycles. The monoisotopic (exact) mass is 547 g/mol. The Balaban J connectivity index is 1.66. The number of thiophene rings is 1. The van der Waals surface area contributed by atoms with Crippen molar-refractivity contribution in [1.82, 2.24) is 9.78 Å². The summed E-state index contributed by atoms with van der Waals surface area (Å²) in [5.41, 5.74) is 0.511. The number of amides is 1. The molecule has 7 nitrogen and oxygen atoms in total. The molecule has 5 aromatic rings. The Morgan fingerprint density at radius 1 is 1.03 bits per heavy atom. The van der Waals surface area contributed by atoms with E-state index in [1.807, 2.05) is 36.4 Å². The van der Waals surface area contributed by atoms with Gasteiger partial charge in [0.2, 0.25) is 0 Å². The molecule has 1 amide bonds. The number of nitrogens with one attached hydrogen (secondary N) is 1. The third kappa shape index (κ3) is 4.24. The number of hydrogen-bond donors (Lipinski definition) is 1. The molecular weight excluding hydrogens is 530 g/mol. The van der Waals surface area contributed by atoms with Crippen molar-refractivity contribution in [2.24, 2.45) is 0 Å². The molecule has 5 rings (SSSR count). The number of carbonyl (C=O) groups excluding carboxylic acids is 2. The number of fused-ring (bicyclic) bond motifs is 2. The van der Waals surface area contributed by atoms with Crippen molar-refractivity contribution in [3.05, 3.63) is 98.2 Å². The number of carbonyl (C=O) groups is 2. The highest BCUT2D eigenvalue weighted by atomic mass is 79.9. The van der Waals surface area contributed by atoms with E-state index in [0.29, 0.717) is 21.6 Å². The highest BCUT2D eigenvalue weighted by Crippen LogP contribution is 2.31. The van der Waals surface area contributed by atoms with E-state index in [9.17, 15) is 14.4 Å². The van der Waals surface area contributed by atoms with E-state index in [0.717, 1.165) is 31.3 Å². The van der Waals surface area contributed by atoms with Gasteiger partial charge in [0.1, 0.15) is 5.00 Å². The fourth-order valence-corrected chi connectivity index (χ4v) is 5.04. The van der Waals surface area contributed by atoms with E-state index in [1.165, 1.54) is 0 Å². The minimum absolute atomic E-state index is 0.00581. The summed E-state index contributed by atoms with van der Waals surface area (Å²) >= 11 is 4.54. The number of anilines is 1. The second kappa shape index (κ2) is 9.44. The maximum atomic E-state index is 13.6. The van der Waals surface area contributed by atoms with Crippen LogP contribution in [0.2, 0.25) is 0 Å². The van der Waals surface area contributed by atoms with Crippen molar-refractivity contribution in [2.75, 3.05) is 11.9 Å². The second-order valence-electron chi connectivity index (χ2n) is 7.60. The predicted molar refractivity (Wildman–Crippen MR) is 141 cm³/mol. The second-order valence-corrected chi connectivity index (χ2v) is 9.39. The van der Waals surface area contributed by atoms with Crippen LogP contribution in [0.1, 0.15) is 27.8 Å². The van der Waals surface area contributed by atoms with Crippen LogP contribution in [-0.4, -0.2) is 28.3 Å². The van der Waals surface area contributed by atoms with E-state index in [2.05, 4.69) is 26.3 Å². The SMILES string of the molecule is CCOC(=O)c1nn(-c2ccc(Br)cc2)c(=O)c2c(NC(=O)c3cccc4ccccc34)scc12. The zero-order chi connectivity index (χ0) is 24.5. The Morgan fingerprint density at radius 3 is 2.54 bits per heavy atom. The average Bonchev–Trinajstić information content (AvgIpc) is 3.28. The molecular formula is C26H18BrN3O4S. The fraction of sp³-hybridized carbons (Fsp3) is 0.0769. The van der Waals surface area contributed by atoms with E-state index in [4.69, 9.17) is 4.74 Å². The van der Waals surface area contributed by atoms with Crippen LogP contribution in [0.4, 0.5) is 5.00 Å². The first kappa shape index (κ1) is 22.9. The molecule has 0 radical (unpaired) electrons. The summed E-state index contributed by atoms with van der Waals surface area (Å²) in [7, 11) is 0. The van der Waals surface area contributed by atoms with Crippen LogP contribution >= 0.6 is 27.3 Å². The first-order valence-electron chi connectivity index (χ1n) is 10.7. The Hall–Kier alpha value is -3.82. The van der Waals surface area contributed by atoms with E-state index < -0.39 is 11.5 Å². The third-order valence-corrected chi connectivity index (χ3v) is 6.88. The largest absolute Gasteiger partial charge is 0.461 e. The Bertz CT molecular complexity index is 1650. The van der Waals surface area contributed by atoms with Crippen molar-refractivity contribution in [3.8, 4) is 5.69 Å². The standard InChI is InChI=1S/C26H18BrN3O4S/c1-2-34-26(33)22-20-14-35-24(21(20)25(32)30(29-22)17-12-10-16(27)11-13-17)28-23(31)19-9-5-7-15-6-3-4-8-18(15)19/h3-14H,2H2,1H3,(H,28,31). The molecule has 9 heteroatoms. The molecule has 174 valence electrons. The molecule has 0 aliphatic rings. The minimum Gasteiger partial charge on any atom is -0.461 e. The summed E-state index contributed by atoms with van der Waals surface area (Å²) in [5, 5.41) is 11.4. The van der Waals surface area contributed by atoms with Gasteiger partial charge in [0.25, 0.3) is 11.5 Å². The van der Waals surface area contributed by atoms with Gasteiger partial charge in [0.05, 0.1) is 17.7 Å². The lowest BCUT2D eigenvalue weighted by Crippen LogP contribution is -2.25. The Kier molecular flexibility index (Phi) is 6.19. The first-order valence-corrected chi connectivity index (χ1v) is 12.4. The summed E-state index contributed by atoms with van der Waals surface area (Å²) in [4.78, 5) is 39.5. The summed E-state index contributed by atoms with van der Waals surface area (Å²) in [6.07, 6.45) is 0. The molecule has 0 atom stereocenters. The zero-order valence-electron chi connectivity index (χ0n) is 18.4. The molecule has 0 spiro atoms. The van der Waals surface area contributed by atoms with Gasteiger partial charge in [-0.2, -0.15) is 9.78 Å². The summed E-state index contributed by atoms with van der Waals surface area (Å²) in [5.74, 6) is -0.997. The van der Waals surface area contributed by atoms with Gasteiger partial charge in [-0.05, 0) is 48.0 Å². The average molecular weight is 548 g/mol. The topological polar surface area (TPSA) is 90.3 Å². The van der Waals surface area contributed by atoms with Gasteiger partial charge in [-0.3, -0.25) is 9.59 Å². The summed E-state index contributed by atoms with van der Waals surface area (Å²) in [6.45, 7) is 1.86. The molecule has 0 fully saturated rings. The number of benzene rings is 3. The first-order chi connectivity index (χ1) is 17.0. The number of nitrogens with zero attached hydrogens (tertiary/aromatic N) is 2. The van der Waals surface area contributed by atoms with E-state index in [1.54, 1.807) is 42.6 Å². The molecule has 2 aromatic heterocycles. The van der Waals surface area contributed by atoms with Gasteiger partial charge in [-0.1, -0.05) is 52.3 Å². The van der Waals surface area contributed by atoms with Gasteiger partial charge in [-0.25, -0.2) is 4.79 Å². The maximum absolute atomic E-state index is 13.6. The van der Waals surface area contributed by atoms with Crippen LogP contribution in [0.25, 0.3) is 27.2 Å². The van der Waals surface area contributed by atoms with E-state index >= 15 is 0 Å². The predicted octanol–water partition coefficient (Wildman–Crippen LogP) is 5.79. The maximum Gasteiger partial charge on any atom is 0.359 e. The Morgan fingerprint density at radius 2 is 1.77 bits per heavy atom. The highest BCUT2D eigenvalue weighted by Gasteiger charge is 2.23. The van der Waals surface area contributed by atoms with Gasteiger partial charge in [0, 0.05) is 20.8 Å². The lowest BCUT2D eigenvalue weighted by atomic mass is 10.0. The molecule has 0 bridgehead atoms. The molecule has 0 unspecified atom stereocenters. The van der Waals surface area contributed by atoms with Crippen LogP contribution in [-0.2, 0) is 4.74 Å². The van der Waals surface area contributed by atoms with Gasteiger partial charge < -0.3 is 10.1 Å². The summed E-state index contributed by atoms with van der Waals surface area (Å²) < 4.78 is 7.17. The summed E-state index contributed by atoms with van der Waals surface area (Å²) in [6, 6.07) is 20.0. The molecule has 2 heterocycles. The molecule has 0 aliphatic carbocycles. The van der Waals surface area contributed by atoms with Crippen molar-refractivity contribution < 1.29 is 14.3 Å². The quantitative estimate of drug-likeness (QED) is 0.281. The number of aromatic nitrogens is 2. The minimum atomic E-state index is -0.645. The van der Waals surface area contributed by atoms with Crippen molar-refractivity contribution >= 4 is 65.7 Å². The van der Waals surface area contributed by atoms with Crippen molar-refractivity contribution in [3.63, 3.8) is 0 Å². The number of hydrogen-bond acceptors (Lipinski definition) is 6. The number of ether oxygens (including phenoxy) is 1. The normalized spacial score (nSPS) is 11.0. The third-order valence-electron chi connectivity index (χ3n) is 5.45. The van der Waals surface area contributed by atoms with Gasteiger partial charge in [-0.15, -0.1) is 11.3 Å². The molecule has 0 saturated heterocycles. The number of halogens is 1. The van der Waals surface area contributed by atoms with Crippen molar-refractivity contribution in [1.29, 1.82) is 0 Å². The van der Waals surface area contributed by atoms with Crippen LogP contribution in [0.15, 0.2) is 81.4 Å². The van der Waals surface area contributed by atoms with E-state index in [-0.39, 0.29) is 23.6 Å². The lowest BCUT2D eigenvalue weighted by Gasteiger charge is -2.10. The lowest BCUT2D eigenvalue weighted by molar-refractivity contribution is 0.0520. The van der Waals surface area contributed by atoms with Gasteiger partial charge >= 0.3 is 5.97 Å². The zero-order valence-corrected chi connectivity index (χ0v) is 20.9. The highest BCUT2D eigenvalue weighted by molar-refractivity contribution is 9.10. The molecule has 0 saturated carbocycles. The number of rotatable bonds is 5. The van der Waals surface area contributed by atoms with Crippen LogP contribution in [0.3, 0.4) is 0 Å². The molecule has 3 aromatic carbocycles. The van der Waals surface area contributed by atoms with Crippen LogP contribution in [0.5, 0.6) is 0 Å². The van der Waals surface area contributed by atoms with Crippen LogP contribution in [0, 0.1) is 0 Å². The van der Waals surface area contributed by atoms with Crippen molar-refractivity contribution in [2.45, 2.75) is 6.92 Å². The fourth-order valence-electron chi connectivity index (χ4n) is 3.84.